The minimum absolute atomic E-state index is 0.0527. The van der Waals surface area contributed by atoms with Crippen molar-refractivity contribution in [2.75, 3.05) is 7.05 Å². The summed E-state index contributed by atoms with van der Waals surface area (Å²) < 4.78 is 3.77. The van der Waals surface area contributed by atoms with Gasteiger partial charge in [0.1, 0.15) is 0 Å². The van der Waals surface area contributed by atoms with E-state index in [-0.39, 0.29) is 11.9 Å². The molecule has 0 spiro atoms. The van der Waals surface area contributed by atoms with Crippen molar-refractivity contribution in [1.29, 1.82) is 0 Å². The Morgan fingerprint density at radius 3 is 3.10 bits per heavy atom. The highest BCUT2D eigenvalue weighted by atomic mass is 32.1. The van der Waals surface area contributed by atoms with Crippen LogP contribution in [0.25, 0.3) is 0 Å². The van der Waals surface area contributed by atoms with E-state index in [1.807, 2.05) is 7.05 Å². The van der Waals surface area contributed by atoms with Crippen LogP contribution < -0.4 is 0 Å². The molecule has 5 nitrogen and oxygen atoms in total. The van der Waals surface area contributed by atoms with Gasteiger partial charge in [-0.1, -0.05) is 11.4 Å². The molecule has 0 aliphatic heterocycles. The Bertz CT molecular complexity index is 608. The quantitative estimate of drug-likeness (QED) is 0.875. The number of nitrogens with zero attached hydrogens (tertiary/aromatic N) is 4. The monoisotopic (exact) mass is 308 g/mol. The number of fused-ring (bicyclic) bond motifs is 1. The molecule has 7 heteroatoms. The molecular formula is C13H16N4OS2. The fraction of sp³-hybridized carbons (Fsp3) is 0.538. The van der Waals surface area contributed by atoms with Crippen LogP contribution in [0.3, 0.4) is 0 Å². The van der Waals surface area contributed by atoms with Crippen LogP contribution in [0.5, 0.6) is 0 Å². The molecule has 106 valence electrons. The fourth-order valence-electron chi connectivity index (χ4n) is 2.55. The molecule has 0 saturated heterocycles. The van der Waals surface area contributed by atoms with E-state index in [9.17, 15) is 4.79 Å². The van der Waals surface area contributed by atoms with Crippen molar-refractivity contribution < 1.29 is 4.79 Å². The summed E-state index contributed by atoms with van der Waals surface area (Å²) in [5.74, 6) is -0.0527. The first kappa shape index (κ1) is 13.6. The molecule has 3 rings (SSSR count). The summed E-state index contributed by atoms with van der Waals surface area (Å²) in [5.41, 5.74) is 1.61. The van der Waals surface area contributed by atoms with E-state index in [1.54, 1.807) is 21.6 Å². The molecule has 1 amide bonds. The Morgan fingerprint density at radius 1 is 1.55 bits per heavy atom. The zero-order chi connectivity index (χ0) is 14.1. The number of aromatic nitrogens is 3. The Kier molecular flexibility index (Phi) is 3.80. The third-order valence-corrected chi connectivity index (χ3v) is 5.48. The van der Waals surface area contributed by atoms with Gasteiger partial charge >= 0.3 is 0 Å². The lowest BCUT2D eigenvalue weighted by atomic mass is 9.97. The van der Waals surface area contributed by atoms with Gasteiger partial charge in [-0.05, 0) is 37.2 Å². The number of carbonyl (C=O) groups excluding carboxylic acids is 1. The van der Waals surface area contributed by atoms with Crippen LogP contribution in [0.1, 0.15) is 51.9 Å². The van der Waals surface area contributed by atoms with Crippen LogP contribution in [0.15, 0.2) is 5.38 Å². The summed E-state index contributed by atoms with van der Waals surface area (Å²) in [5, 5.41) is 6.74. The number of hydrogen-bond donors (Lipinski definition) is 0. The lowest BCUT2D eigenvalue weighted by Crippen LogP contribution is -2.33. The van der Waals surface area contributed by atoms with Gasteiger partial charge in [-0.2, -0.15) is 0 Å². The summed E-state index contributed by atoms with van der Waals surface area (Å²) >= 11 is 2.95. The predicted octanol–water partition coefficient (Wildman–Crippen LogP) is 2.71. The van der Waals surface area contributed by atoms with Crippen LogP contribution in [-0.2, 0) is 12.8 Å². The maximum atomic E-state index is 12.4. The first-order valence-electron chi connectivity index (χ1n) is 6.73. The summed E-state index contributed by atoms with van der Waals surface area (Å²) in [6.07, 6.45) is 4.07. The normalized spacial score (nSPS) is 17.8. The Balaban J connectivity index is 1.88. The van der Waals surface area contributed by atoms with Gasteiger partial charge in [-0.25, -0.2) is 4.98 Å². The Morgan fingerprint density at radius 2 is 2.40 bits per heavy atom. The summed E-state index contributed by atoms with van der Waals surface area (Å²) in [6.45, 7) is 2.12. The van der Waals surface area contributed by atoms with E-state index in [1.165, 1.54) is 22.1 Å². The average Bonchev–Trinajstić information content (AvgIpc) is 3.13. The highest BCUT2D eigenvalue weighted by Gasteiger charge is 2.30. The Hall–Kier alpha value is -1.34. The number of aryl methyl sites for hydroxylation is 2. The first-order valence-corrected chi connectivity index (χ1v) is 8.38. The fourth-order valence-corrected chi connectivity index (χ4v) is 4.21. The van der Waals surface area contributed by atoms with Crippen molar-refractivity contribution >= 4 is 28.8 Å². The zero-order valence-corrected chi connectivity index (χ0v) is 13.1. The molecule has 1 aliphatic carbocycles. The molecule has 0 fully saturated rings. The van der Waals surface area contributed by atoms with E-state index in [0.717, 1.165) is 30.7 Å². The van der Waals surface area contributed by atoms with Crippen LogP contribution in [0.2, 0.25) is 0 Å². The van der Waals surface area contributed by atoms with Crippen LogP contribution in [0.4, 0.5) is 0 Å². The van der Waals surface area contributed by atoms with Gasteiger partial charge in [-0.15, -0.1) is 16.4 Å². The molecular weight excluding hydrogens is 292 g/mol. The van der Waals surface area contributed by atoms with Crippen LogP contribution in [0, 0.1) is 0 Å². The molecule has 1 atom stereocenters. The van der Waals surface area contributed by atoms with E-state index in [2.05, 4.69) is 21.5 Å². The molecule has 0 N–H and O–H groups in total. The third kappa shape index (κ3) is 2.35. The van der Waals surface area contributed by atoms with Crippen molar-refractivity contribution in [2.24, 2.45) is 0 Å². The van der Waals surface area contributed by atoms with Crippen molar-refractivity contribution in [3.8, 4) is 0 Å². The van der Waals surface area contributed by atoms with Gasteiger partial charge in [-0.3, -0.25) is 4.79 Å². The maximum absolute atomic E-state index is 12.4. The molecule has 1 unspecified atom stereocenters. The molecule has 2 heterocycles. The van der Waals surface area contributed by atoms with Gasteiger partial charge in [0.2, 0.25) is 0 Å². The van der Waals surface area contributed by atoms with E-state index in [4.69, 9.17) is 0 Å². The van der Waals surface area contributed by atoms with Crippen molar-refractivity contribution in [3.63, 3.8) is 0 Å². The second-order valence-corrected chi connectivity index (χ2v) is 6.61. The molecule has 2 aromatic rings. The summed E-state index contributed by atoms with van der Waals surface area (Å²) in [6, 6.07) is 0.130. The van der Waals surface area contributed by atoms with E-state index in [0.29, 0.717) is 5.69 Å². The van der Waals surface area contributed by atoms with E-state index >= 15 is 0 Å². The predicted molar refractivity (Wildman–Crippen MR) is 79.2 cm³/mol. The second-order valence-electron chi connectivity index (χ2n) is 4.89. The van der Waals surface area contributed by atoms with Crippen LogP contribution >= 0.6 is 22.9 Å². The van der Waals surface area contributed by atoms with Crippen molar-refractivity contribution in [1.82, 2.24) is 19.5 Å². The molecule has 1 aliphatic rings. The van der Waals surface area contributed by atoms with Gasteiger partial charge in [0.15, 0.2) is 5.69 Å². The standard InChI is InChI=1S/C13H16N4OS2/c1-3-11-14-8-5-4-6-10(12(8)20-11)17(2)13(18)9-7-19-16-15-9/h7,10H,3-6H2,1-2H3. The topological polar surface area (TPSA) is 59.0 Å². The number of hydrogen-bond acceptors (Lipinski definition) is 6. The Labute approximate surface area is 125 Å². The lowest BCUT2D eigenvalue weighted by molar-refractivity contribution is 0.0712. The number of carbonyl (C=O) groups is 1. The molecule has 0 saturated carbocycles. The average molecular weight is 308 g/mol. The molecule has 2 aromatic heterocycles. The van der Waals surface area contributed by atoms with Crippen molar-refractivity contribution in [2.45, 2.75) is 38.6 Å². The lowest BCUT2D eigenvalue weighted by Gasteiger charge is -2.30. The largest absolute Gasteiger partial charge is 0.332 e. The van der Waals surface area contributed by atoms with Gasteiger partial charge in [0, 0.05) is 12.4 Å². The van der Waals surface area contributed by atoms with Gasteiger partial charge in [0.25, 0.3) is 5.91 Å². The molecule has 0 radical (unpaired) electrons. The summed E-state index contributed by atoms with van der Waals surface area (Å²) in [7, 11) is 1.85. The smallest absolute Gasteiger partial charge is 0.275 e. The SMILES string of the molecule is CCc1nc2c(s1)C(N(C)C(=O)c1csnn1)CCC2. The minimum Gasteiger partial charge on any atom is -0.332 e. The summed E-state index contributed by atoms with van der Waals surface area (Å²) in [4.78, 5) is 20.1. The van der Waals surface area contributed by atoms with Gasteiger partial charge in [0.05, 0.1) is 21.6 Å². The zero-order valence-electron chi connectivity index (χ0n) is 11.5. The van der Waals surface area contributed by atoms with Crippen molar-refractivity contribution in [3.05, 3.63) is 26.7 Å². The van der Waals surface area contributed by atoms with Gasteiger partial charge < -0.3 is 4.90 Å². The second kappa shape index (κ2) is 5.57. The number of thiazole rings is 1. The molecule has 20 heavy (non-hydrogen) atoms. The highest BCUT2D eigenvalue weighted by Crippen LogP contribution is 2.38. The molecule has 0 aromatic carbocycles. The minimum atomic E-state index is -0.0527. The third-order valence-electron chi connectivity index (χ3n) is 3.64. The molecule has 0 bridgehead atoms. The van der Waals surface area contributed by atoms with Crippen LogP contribution in [-0.4, -0.2) is 32.4 Å². The number of amides is 1. The maximum Gasteiger partial charge on any atom is 0.275 e. The van der Waals surface area contributed by atoms with E-state index < -0.39 is 0 Å². The highest BCUT2D eigenvalue weighted by molar-refractivity contribution is 7.11. The number of rotatable bonds is 3. The first-order chi connectivity index (χ1) is 9.70.